The van der Waals surface area contributed by atoms with Crippen molar-refractivity contribution in [1.29, 1.82) is 0 Å². The summed E-state index contributed by atoms with van der Waals surface area (Å²) >= 11 is 0. The van der Waals surface area contributed by atoms with Crippen LogP contribution in [0.1, 0.15) is 39.6 Å². The topological polar surface area (TPSA) is 58.6 Å². The van der Waals surface area contributed by atoms with Gasteiger partial charge in [0.25, 0.3) is 0 Å². The Hall–Kier alpha value is -2.17. The SMILES string of the molecule is COc1cccc(C(=O)CCNCC(O)c2ccc(C)c(C)c2)c1. The molecule has 2 rings (SSSR count). The van der Waals surface area contributed by atoms with Crippen molar-refractivity contribution in [2.45, 2.75) is 26.4 Å². The smallest absolute Gasteiger partial charge is 0.164 e. The molecular weight excluding hydrogens is 302 g/mol. The lowest BCUT2D eigenvalue weighted by Gasteiger charge is -2.13. The average molecular weight is 327 g/mol. The van der Waals surface area contributed by atoms with Crippen LogP contribution in [0, 0.1) is 13.8 Å². The molecule has 0 heterocycles. The summed E-state index contributed by atoms with van der Waals surface area (Å²) in [4.78, 5) is 12.2. The Kier molecular flexibility index (Phi) is 6.53. The number of aryl methyl sites for hydroxylation is 2. The number of methoxy groups -OCH3 is 1. The van der Waals surface area contributed by atoms with E-state index in [1.54, 1.807) is 19.2 Å². The maximum absolute atomic E-state index is 12.2. The minimum Gasteiger partial charge on any atom is -0.497 e. The molecule has 2 N–H and O–H groups in total. The Morgan fingerprint density at radius 1 is 1.17 bits per heavy atom. The first-order valence-electron chi connectivity index (χ1n) is 8.14. The first-order chi connectivity index (χ1) is 11.5. The van der Waals surface area contributed by atoms with E-state index in [9.17, 15) is 9.90 Å². The Balaban J connectivity index is 1.79. The van der Waals surface area contributed by atoms with Gasteiger partial charge in [-0.05, 0) is 42.7 Å². The molecule has 1 atom stereocenters. The molecule has 0 saturated carbocycles. The number of aliphatic hydroxyl groups excluding tert-OH is 1. The molecule has 0 aliphatic heterocycles. The lowest BCUT2D eigenvalue weighted by molar-refractivity contribution is 0.0979. The average Bonchev–Trinajstić information content (AvgIpc) is 2.60. The molecule has 0 spiro atoms. The maximum atomic E-state index is 12.2. The van der Waals surface area contributed by atoms with Crippen LogP contribution in [0.2, 0.25) is 0 Å². The van der Waals surface area contributed by atoms with Gasteiger partial charge in [-0.2, -0.15) is 0 Å². The highest BCUT2D eigenvalue weighted by atomic mass is 16.5. The molecular formula is C20H25NO3. The molecule has 0 amide bonds. The van der Waals surface area contributed by atoms with E-state index in [1.807, 2.05) is 44.2 Å². The number of hydrogen-bond donors (Lipinski definition) is 2. The Morgan fingerprint density at radius 2 is 1.96 bits per heavy atom. The minimum atomic E-state index is -0.573. The van der Waals surface area contributed by atoms with Crippen molar-refractivity contribution >= 4 is 5.78 Å². The van der Waals surface area contributed by atoms with Gasteiger partial charge in [-0.1, -0.05) is 30.3 Å². The highest BCUT2D eigenvalue weighted by Crippen LogP contribution is 2.17. The molecule has 1 unspecified atom stereocenters. The van der Waals surface area contributed by atoms with Gasteiger partial charge in [0.15, 0.2) is 5.78 Å². The molecule has 0 bridgehead atoms. The van der Waals surface area contributed by atoms with Crippen LogP contribution in [0.3, 0.4) is 0 Å². The highest BCUT2D eigenvalue weighted by Gasteiger charge is 2.10. The van der Waals surface area contributed by atoms with Crippen molar-refractivity contribution in [2.24, 2.45) is 0 Å². The van der Waals surface area contributed by atoms with Crippen molar-refractivity contribution in [3.8, 4) is 5.75 Å². The normalized spacial score (nSPS) is 12.0. The summed E-state index contributed by atoms with van der Waals surface area (Å²) in [6.07, 6.45) is -0.191. The highest BCUT2D eigenvalue weighted by molar-refractivity contribution is 5.96. The van der Waals surface area contributed by atoms with E-state index >= 15 is 0 Å². The van der Waals surface area contributed by atoms with Gasteiger partial charge in [0.2, 0.25) is 0 Å². The van der Waals surface area contributed by atoms with Crippen molar-refractivity contribution in [3.63, 3.8) is 0 Å². The second kappa shape index (κ2) is 8.62. The summed E-state index contributed by atoms with van der Waals surface area (Å²) in [5.41, 5.74) is 3.91. The van der Waals surface area contributed by atoms with Crippen LogP contribution in [-0.2, 0) is 0 Å². The Labute approximate surface area is 143 Å². The predicted octanol–water partition coefficient (Wildman–Crippen LogP) is 3.21. The fraction of sp³-hybridized carbons (Fsp3) is 0.350. The standard InChI is InChI=1S/C20H25NO3/c1-14-7-8-17(11-15(14)2)20(23)13-21-10-9-19(22)16-5-4-6-18(12-16)24-3/h4-8,11-12,20-21,23H,9-10,13H2,1-3H3. The molecule has 0 aliphatic rings. The molecule has 4 heteroatoms. The van der Waals surface area contributed by atoms with Crippen LogP contribution in [0.5, 0.6) is 5.75 Å². The minimum absolute atomic E-state index is 0.0575. The number of aliphatic hydroxyl groups is 1. The molecule has 0 aliphatic carbocycles. The number of carbonyl (C=O) groups excluding carboxylic acids is 1. The zero-order chi connectivity index (χ0) is 17.5. The van der Waals surface area contributed by atoms with E-state index in [4.69, 9.17) is 4.74 Å². The zero-order valence-corrected chi connectivity index (χ0v) is 14.5. The molecule has 0 aromatic heterocycles. The number of rotatable bonds is 8. The van der Waals surface area contributed by atoms with Gasteiger partial charge >= 0.3 is 0 Å². The van der Waals surface area contributed by atoms with Crippen LogP contribution in [0.15, 0.2) is 42.5 Å². The number of Topliss-reactive ketones (excluding diaryl/α,β-unsaturated/α-hetero) is 1. The largest absolute Gasteiger partial charge is 0.497 e. The van der Waals surface area contributed by atoms with Crippen molar-refractivity contribution < 1.29 is 14.6 Å². The van der Waals surface area contributed by atoms with E-state index < -0.39 is 6.10 Å². The van der Waals surface area contributed by atoms with Gasteiger partial charge in [-0.25, -0.2) is 0 Å². The van der Waals surface area contributed by atoms with Crippen LogP contribution in [0.4, 0.5) is 0 Å². The van der Waals surface area contributed by atoms with Gasteiger partial charge in [0.1, 0.15) is 5.75 Å². The summed E-state index contributed by atoms with van der Waals surface area (Å²) in [6.45, 7) is 5.03. The molecule has 0 fully saturated rings. The van der Waals surface area contributed by atoms with Crippen molar-refractivity contribution in [1.82, 2.24) is 5.32 Å². The third-order valence-corrected chi connectivity index (χ3v) is 4.17. The lowest BCUT2D eigenvalue weighted by atomic mass is 10.0. The Morgan fingerprint density at radius 3 is 2.67 bits per heavy atom. The number of ketones is 1. The van der Waals surface area contributed by atoms with Crippen molar-refractivity contribution in [3.05, 3.63) is 64.7 Å². The van der Waals surface area contributed by atoms with Crippen molar-refractivity contribution in [2.75, 3.05) is 20.2 Å². The number of hydrogen-bond acceptors (Lipinski definition) is 4. The number of ether oxygens (including phenoxy) is 1. The summed E-state index contributed by atoms with van der Waals surface area (Å²) in [7, 11) is 1.58. The monoisotopic (exact) mass is 327 g/mol. The third kappa shape index (κ3) is 4.91. The van der Waals surface area contributed by atoms with E-state index in [0.717, 1.165) is 5.56 Å². The number of carbonyl (C=O) groups is 1. The number of nitrogens with one attached hydrogen (secondary N) is 1. The predicted molar refractivity (Wildman–Crippen MR) is 95.7 cm³/mol. The second-order valence-electron chi connectivity index (χ2n) is 5.97. The molecule has 24 heavy (non-hydrogen) atoms. The maximum Gasteiger partial charge on any atom is 0.164 e. The molecule has 2 aromatic rings. The summed E-state index contributed by atoms with van der Waals surface area (Å²) in [6, 6.07) is 13.1. The summed E-state index contributed by atoms with van der Waals surface area (Å²) in [5.74, 6) is 0.737. The van der Waals surface area contributed by atoms with E-state index in [1.165, 1.54) is 11.1 Å². The quantitative estimate of drug-likeness (QED) is 0.577. The molecule has 2 aromatic carbocycles. The molecule has 4 nitrogen and oxygen atoms in total. The lowest BCUT2D eigenvalue weighted by Crippen LogP contribution is -2.24. The van der Waals surface area contributed by atoms with Gasteiger partial charge < -0.3 is 15.2 Å². The van der Waals surface area contributed by atoms with Gasteiger partial charge in [-0.15, -0.1) is 0 Å². The molecule has 128 valence electrons. The van der Waals surface area contributed by atoms with E-state index in [0.29, 0.717) is 30.8 Å². The molecule has 0 radical (unpaired) electrons. The number of benzene rings is 2. The first-order valence-corrected chi connectivity index (χ1v) is 8.14. The fourth-order valence-electron chi connectivity index (χ4n) is 2.47. The summed E-state index contributed by atoms with van der Waals surface area (Å²) < 4.78 is 5.13. The van der Waals surface area contributed by atoms with Gasteiger partial charge in [-0.3, -0.25) is 4.79 Å². The van der Waals surface area contributed by atoms with Crippen LogP contribution >= 0.6 is 0 Å². The van der Waals surface area contributed by atoms with E-state index in [2.05, 4.69) is 5.32 Å². The van der Waals surface area contributed by atoms with E-state index in [-0.39, 0.29) is 5.78 Å². The third-order valence-electron chi connectivity index (χ3n) is 4.17. The van der Waals surface area contributed by atoms with Crippen LogP contribution in [-0.4, -0.2) is 31.1 Å². The summed E-state index contributed by atoms with van der Waals surface area (Å²) in [5, 5.41) is 13.4. The van der Waals surface area contributed by atoms with Crippen LogP contribution in [0.25, 0.3) is 0 Å². The first kappa shape index (κ1) is 18.2. The van der Waals surface area contributed by atoms with Crippen LogP contribution < -0.4 is 10.1 Å². The molecule has 0 saturated heterocycles. The fourth-order valence-corrected chi connectivity index (χ4v) is 2.47. The second-order valence-corrected chi connectivity index (χ2v) is 5.97. The van der Waals surface area contributed by atoms with Gasteiger partial charge in [0, 0.05) is 25.1 Å². The zero-order valence-electron chi connectivity index (χ0n) is 14.5. The Bertz CT molecular complexity index is 697. The van der Waals surface area contributed by atoms with Gasteiger partial charge in [0.05, 0.1) is 13.2 Å².